The van der Waals surface area contributed by atoms with Crippen molar-refractivity contribution >= 4 is 62.2 Å². The molecular weight excluding hydrogens is 428 g/mol. The number of nitrogens with zero attached hydrogens (tertiary/aromatic N) is 1. The van der Waals surface area contributed by atoms with E-state index in [1.165, 1.54) is 23.1 Å². The molecule has 0 saturated heterocycles. The zero-order valence-corrected chi connectivity index (χ0v) is 16.3. The fraction of sp³-hybridized carbons (Fsp3) is 0.0588. The first-order valence-corrected chi connectivity index (χ1v) is 10.0. The molecule has 0 aliphatic rings. The van der Waals surface area contributed by atoms with Gasteiger partial charge in [0.1, 0.15) is 0 Å². The summed E-state index contributed by atoms with van der Waals surface area (Å²) in [4.78, 5) is 16.6. The summed E-state index contributed by atoms with van der Waals surface area (Å²) in [5.41, 5.74) is 2.60. The van der Waals surface area contributed by atoms with Gasteiger partial charge in [-0.25, -0.2) is 4.98 Å². The van der Waals surface area contributed by atoms with Crippen molar-refractivity contribution in [3.05, 3.63) is 63.4 Å². The highest BCUT2D eigenvalue weighted by atomic mass is 79.9. The summed E-state index contributed by atoms with van der Waals surface area (Å²) in [6.07, 6.45) is 0. The molecule has 1 N–H and O–H groups in total. The number of aromatic nitrogens is 1. The number of anilines is 1. The second-order valence-electron chi connectivity index (χ2n) is 4.82. The van der Waals surface area contributed by atoms with Gasteiger partial charge in [-0.15, -0.1) is 11.3 Å². The third-order valence-electron chi connectivity index (χ3n) is 3.10. The number of hydrogen-bond donors (Lipinski definition) is 1. The van der Waals surface area contributed by atoms with Crippen LogP contribution >= 0.6 is 50.6 Å². The monoisotopic (exact) mass is 438 g/mol. The second kappa shape index (κ2) is 8.16. The van der Waals surface area contributed by atoms with E-state index in [2.05, 4.69) is 26.2 Å². The largest absolute Gasteiger partial charge is 0.324 e. The van der Waals surface area contributed by atoms with Gasteiger partial charge in [-0.2, -0.15) is 0 Å². The number of para-hydroxylation sites is 1. The lowest BCUT2D eigenvalue weighted by molar-refractivity contribution is -0.113. The molecule has 122 valence electrons. The summed E-state index contributed by atoms with van der Waals surface area (Å²) in [6.45, 7) is 0. The molecule has 0 bridgehead atoms. The van der Waals surface area contributed by atoms with E-state index < -0.39 is 0 Å². The minimum absolute atomic E-state index is 0.103. The Bertz CT molecular complexity index is 852. The van der Waals surface area contributed by atoms with E-state index >= 15 is 0 Å². The van der Waals surface area contributed by atoms with E-state index in [1.54, 1.807) is 12.1 Å². The van der Waals surface area contributed by atoms with Crippen molar-refractivity contribution in [2.24, 2.45) is 0 Å². The topological polar surface area (TPSA) is 42.0 Å². The van der Waals surface area contributed by atoms with E-state index in [1.807, 2.05) is 41.8 Å². The number of hydrogen-bond acceptors (Lipinski definition) is 4. The van der Waals surface area contributed by atoms with Crippen molar-refractivity contribution in [3.63, 3.8) is 0 Å². The maximum Gasteiger partial charge on any atom is 0.234 e. The van der Waals surface area contributed by atoms with Crippen LogP contribution in [0.15, 0.2) is 62.7 Å². The molecule has 2 aromatic carbocycles. The summed E-state index contributed by atoms with van der Waals surface area (Å²) in [5, 5.41) is 5.33. The first-order chi connectivity index (χ1) is 11.6. The van der Waals surface area contributed by atoms with Gasteiger partial charge >= 0.3 is 0 Å². The van der Waals surface area contributed by atoms with Crippen molar-refractivity contribution < 1.29 is 4.79 Å². The van der Waals surface area contributed by atoms with Crippen molar-refractivity contribution in [1.29, 1.82) is 0 Å². The van der Waals surface area contributed by atoms with Gasteiger partial charge in [0, 0.05) is 15.4 Å². The Morgan fingerprint density at radius 3 is 2.71 bits per heavy atom. The number of carbonyl (C=O) groups is 1. The molecular formula is C17H12BrClN2OS2. The van der Waals surface area contributed by atoms with Crippen LogP contribution in [0.4, 0.5) is 5.69 Å². The summed E-state index contributed by atoms with van der Waals surface area (Å²) in [5.74, 6) is 0.187. The number of benzene rings is 2. The third kappa shape index (κ3) is 4.60. The maximum absolute atomic E-state index is 12.0. The minimum Gasteiger partial charge on any atom is -0.324 e. The number of rotatable bonds is 5. The van der Waals surface area contributed by atoms with Gasteiger partial charge in [-0.1, -0.05) is 63.6 Å². The Morgan fingerprint density at radius 2 is 1.96 bits per heavy atom. The van der Waals surface area contributed by atoms with Gasteiger partial charge in [-0.3, -0.25) is 4.79 Å². The average Bonchev–Trinajstić information content (AvgIpc) is 3.05. The van der Waals surface area contributed by atoms with Gasteiger partial charge in [0.2, 0.25) is 5.91 Å². The number of amides is 1. The molecule has 1 amide bonds. The average molecular weight is 440 g/mol. The van der Waals surface area contributed by atoms with Gasteiger partial charge in [0.25, 0.3) is 0 Å². The summed E-state index contributed by atoms with van der Waals surface area (Å²) >= 11 is 12.4. The lowest BCUT2D eigenvalue weighted by Crippen LogP contribution is -2.14. The Labute approximate surface area is 161 Å². The van der Waals surface area contributed by atoms with Crippen LogP contribution in [-0.4, -0.2) is 16.6 Å². The van der Waals surface area contributed by atoms with Gasteiger partial charge in [0.15, 0.2) is 4.34 Å². The maximum atomic E-state index is 12.0. The fourth-order valence-corrected chi connectivity index (χ4v) is 4.04. The number of halogens is 2. The van der Waals surface area contributed by atoms with E-state index in [-0.39, 0.29) is 5.91 Å². The van der Waals surface area contributed by atoms with Crippen molar-refractivity contribution in [1.82, 2.24) is 4.98 Å². The first-order valence-electron chi connectivity index (χ1n) is 7.00. The van der Waals surface area contributed by atoms with Crippen LogP contribution in [0.25, 0.3) is 11.3 Å². The Kier molecular flexibility index (Phi) is 5.94. The van der Waals surface area contributed by atoms with Gasteiger partial charge < -0.3 is 5.32 Å². The molecule has 3 rings (SSSR count). The third-order valence-corrected chi connectivity index (χ3v) is 5.98. The van der Waals surface area contributed by atoms with Crippen LogP contribution in [-0.2, 0) is 4.79 Å². The number of nitrogens with one attached hydrogen (secondary N) is 1. The molecule has 3 nitrogen and oxygen atoms in total. The molecule has 0 atom stereocenters. The molecule has 0 fully saturated rings. The molecule has 0 aliphatic heterocycles. The highest BCUT2D eigenvalue weighted by Gasteiger charge is 2.09. The molecule has 1 heterocycles. The standard InChI is InChI=1S/C17H12BrClN2OS2/c18-12-7-5-11(6-8-12)15-9-23-17(21-15)24-10-16(22)20-14-4-2-1-3-13(14)19/h1-9H,10H2,(H,20,22). The fourth-order valence-electron chi connectivity index (χ4n) is 1.95. The zero-order chi connectivity index (χ0) is 16.9. The predicted octanol–water partition coefficient (Wildman–Crippen LogP) is 5.96. The Balaban J connectivity index is 1.58. The molecule has 3 aromatic rings. The first kappa shape index (κ1) is 17.5. The SMILES string of the molecule is O=C(CSc1nc(-c2ccc(Br)cc2)cs1)Nc1ccccc1Cl. The zero-order valence-electron chi connectivity index (χ0n) is 12.3. The quantitative estimate of drug-likeness (QED) is 0.499. The van der Waals surface area contributed by atoms with E-state index in [9.17, 15) is 4.79 Å². The Morgan fingerprint density at radius 1 is 1.21 bits per heavy atom. The summed E-state index contributed by atoms with van der Waals surface area (Å²) in [7, 11) is 0. The van der Waals surface area contributed by atoms with Crippen molar-refractivity contribution in [3.8, 4) is 11.3 Å². The molecule has 0 saturated carbocycles. The molecule has 7 heteroatoms. The number of thiazole rings is 1. The van der Waals surface area contributed by atoms with Crippen LogP contribution in [0.5, 0.6) is 0 Å². The van der Waals surface area contributed by atoms with Crippen LogP contribution < -0.4 is 5.32 Å². The van der Waals surface area contributed by atoms with Gasteiger partial charge in [-0.05, 0) is 24.3 Å². The van der Waals surface area contributed by atoms with Crippen LogP contribution in [0.3, 0.4) is 0 Å². The molecule has 0 spiro atoms. The van der Waals surface area contributed by atoms with Crippen LogP contribution in [0.1, 0.15) is 0 Å². The molecule has 0 aliphatic carbocycles. The highest BCUT2D eigenvalue weighted by Crippen LogP contribution is 2.29. The second-order valence-corrected chi connectivity index (χ2v) is 8.23. The van der Waals surface area contributed by atoms with Gasteiger partial charge in [0.05, 0.1) is 22.2 Å². The molecule has 0 radical (unpaired) electrons. The van der Waals surface area contributed by atoms with Crippen molar-refractivity contribution in [2.75, 3.05) is 11.1 Å². The number of thioether (sulfide) groups is 1. The smallest absolute Gasteiger partial charge is 0.234 e. The lowest BCUT2D eigenvalue weighted by Gasteiger charge is -2.05. The van der Waals surface area contributed by atoms with E-state index in [0.29, 0.717) is 16.5 Å². The number of carbonyl (C=O) groups excluding carboxylic acids is 1. The van der Waals surface area contributed by atoms with Crippen LogP contribution in [0.2, 0.25) is 5.02 Å². The molecule has 1 aromatic heterocycles. The Hall–Kier alpha value is -1.34. The molecule has 24 heavy (non-hydrogen) atoms. The highest BCUT2D eigenvalue weighted by molar-refractivity contribution is 9.10. The predicted molar refractivity (Wildman–Crippen MR) is 106 cm³/mol. The molecule has 0 unspecified atom stereocenters. The van der Waals surface area contributed by atoms with Crippen LogP contribution in [0, 0.1) is 0 Å². The van der Waals surface area contributed by atoms with Crippen molar-refractivity contribution in [2.45, 2.75) is 4.34 Å². The lowest BCUT2D eigenvalue weighted by atomic mass is 10.2. The summed E-state index contributed by atoms with van der Waals surface area (Å²) < 4.78 is 1.90. The van der Waals surface area contributed by atoms with E-state index in [0.717, 1.165) is 20.1 Å². The normalized spacial score (nSPS) is 10.6. The minimum atomic E-state index is -0.103. The summed E-state index contributed by atoms with van der Waals surface area (Å²) in [6, 6.07) is 15.2. The van der Waals surface area contributed by atoms with E-state index in [4.69, 9.17) is 11.6 Å².